The molecule has 1 unspecified atom stereocenters. The highest BCUT2D eigenvalue weighted by Crippen LogP contribution is 2.00. The van der Waals surface area contributed by atoms with Crippen molar-refractivity contribution in [2.75, 3.05) is 13.2 Å². The first-order valence-electron chi connectivity index (χ1n) is 3.42. The second-order valence-electron chi connectivity index (χ2n) is 1.75. The monoisotopic (exact) mass is 208 g/mol. The van der Waals surface area contributed by atoms with Gasteiger partial charge in [0.1, 0.15) is 6.61 Å². The summed E-state index contributed by atoms with van der Waals surface area (Å²) >= 11 is 0. The minimum absolute atomic E-state index is 0.103. The van der Waals surface area contributed by atoms with Crippen LogP contribution in [0.15, 0.2) is 0 Å². The molecule has 0 aromatic heterocycles. The molecule has 82 valence electrons. The van der Waals surface area contributed by atoms with Gasteiger partial charge in [-0.25, -0.2) is 17.6 Å². The Balaban J connectivity index is 0. The zero-order chi connectivity index (χ0) is 10.9. The van der Waals surface area contributed by atoms with Gasteiger partial charge in [0.05, 0.1) is 0 Å². The molecule has 2 N–H and O–H groups in total. The molecule has 3 nitrogen and oxygen atoms in total. The van der Waals surface area contributed by atoms with E-state index in [-0.39, 0.29) is 6.61 Å². The van der Waals surface area contributed by atoms with E-state index in [9.17, 15) is 17.6 Å². The van der Waals surface area contributed by atoms with Crippen LogP contribution in [0.3, 0.4) is 0 Å². The quantitative estimate of drug-likeness (QED) is 0.532. The average Bonchev–Trinajstić information content (AvgIpc) is 2.06. The van der Waals surface area contributed by atoms with Crippen LogP contribution in [-0.2, 0) is 4.74 Å². The number of hydrogen-bond acceptors (Lipinski definition) is 3. The number of hydrogen-bond donors (Lipinski definition) is 2. The van der Waals surface area contributed by atoms with Gasteiger partial charge in [0.2, 0.25) is 6.29 Å². The molecule has 0 aromatic carbocycles. The standard InChI is InChI=1S/C4H8F2O2.C2H4F2O/c1-2-8-4(7)3(5)6;3-2(4)1-5/h3-4,7H,2H2,1H3;2,5H,1H2. The average molecular weight is 208 g/mol. The van der Waals surface area contributed by atoms with E-state index < -0.39 is 25.7 Å². The number of aliphatic hydroxyl groups is 2. The molecular formula is C6H12F4O3. The molecule has 1 atom stereocenters. The molecule has 0 spiro atoms. The van der Waals surface area contributed by atoms with Gasteiger partial charge in [-0.2, -0.15) is 0 Å². The van der Waals surface area contributed by atoms with Gasteiger partial charge in [-0.3, -0.25) is 0 Å². The number of rotatable bonds is 4. The van der Waals surface area contributed by atoms with Crippen LogP contribution >= 0.6 is 0 Å². The summed E-state index contributed by atoms with van der Waals surface area (Å²) in [5.41, 5.74) is 0. The Labute approximate surface area is 72.9 Å². The molecule has 0 radical (unpaired) electrons. The van der Waals surface area contributed by atoms with E-state index in [1.807, 2.05) is 0 Å². The lowest BCUT2D eigenvalue weighted by Gasteiger charge is -2.06. The van der Waals surface area contributed by atoms with Crippen LogP contribution in [0.1, 0.15) is 6.92 Å². The third-order valence-corrected chi connectivity index (χ3v) is 0.691. The molecule has 0 aliphatic rings. The maximum atomic E-state index is 11.2. The first kappa shape index (κ1) is 15.1. The summed E-state index contributed by atoms with van der Waals surface area (Å²) in [6.07, 6.45) is -7.27. The molecule has 0 aromatic rings. The van der Waals surface area contributed by atoms with Gasteiger partial charge >= 0.3 is 0 Å². The molecule has 0 heterocycles. The second-order valence-corrected chi connectivity index (χ2v) is 1.75. The molecule has 0 bridgehead atoms. The lowest BCUT2D eigenvalue weighted by molar-refractivity contribution is -0.172. The van der Waals surface area contributed by atoms with Gasteiger partial charge in [-0.05, 0) is 6.92 Å². The molecule has 0 aliphatic heterocycles. The van der Waals surface area contributed by atoms with Gasteiger partial charge in [-0.15, -0.1) is 0 Å². The number of halogens is 4. The largest absolute Gasteiger partial charge is 0.390 e. The first-order valence-corrected chi connectivity index (χ1v) is 3.42. The van der Waals surface area contributed by atoms with Crippen molar-refractivity contribution in [3.63, 3.8) is 0 Å². The Morgan fingerprint density at radius 3 is 1.69 bits per heavy atom. The number of ether oxygens (including phenoxy) is 1. The summed E-state index contributed by atoms with van der Waals surface area (Å²) in [5.74, 6) is 0. The summed E-state index contributed by atoms with van der Waals surface area (Å²) in [4.78, 5) is 0. The van der Waals surface area contributed by atoms with E-state index in [1.165, 1.54) is 6.92 Å². The van der Waals surface area contributed by atoms with Crippen molar-refractivity contribution in [1.29, 1.82) is 0 Å². The van der Waals surface area contributed by atoms with Crippen LogP contribution in [-0.4, -0.2) is 42.6 Å². The maximum absolute atomic E-state index is 11.2. The van der Waals surface area contributed by atoms with Crippen LogP contribution in [0, 0.1) is 0 Å². The Kier molecular flexibility index (Phi) is 11.2. The third-order valence-electron chi connectivity index (χ3n) is 0.691. The predicted octanol–water partition coefficient (Wildman–Crippen LogP) is 0.850. The van der Waals surface area contributed by atoms with E-state index in [4.69, 9.17) is 10.2 Å². The SMILES string of the molecule is CCOC(O)C(F)F.OCC(F)F. The Morgan fingerprint density at radius 1 is 1.23 bits per heavy atom. The normalized spacial score (nSPS) is 12.7. The molecule has 13 heavy (non-hydrogen) atoms. The van der Waals surface area contributed by atoms with E-state index in [0.717, 1.165) is 0 Å². The predicted molar refractivity (Wildman–Crippen MR) is 36.7 cm³/mol. The van der Waals surface area contributed by atoms with Crippen molar-refractivity contribution in [2.45, 2.75) is 26.1 Å². The molecule has 0 saturated heterocycles. The highest BCUT2D eigenvalue weighted by molar-refractivity contribution is 4.39. The van der Waals surface area contributed by atoms with Crippen molar-refractivity contribution >= 4 is 0 Å². The summed E-state index contributed by atoms with van der Waals surface area (Å²) < 4.78 is 47.6. The summed E-state index contributed by atoms with van der Waals surface area (Å²) in [6.45, 7) is 0.608. The fourth-order valence-corrected chi connectivity index (χ4v) is 0.243. The Bertz CT molecular complexity index is 102. The zero-order valence-corrected chi connectivity index (χ0v) is 6.96. The highest BCUT2D eigenvalue weighted by atomic mass is 19.3. The summed E-state index contributed by atoms with van der Waals surface area (Å²) in [6, 6.07) is 0. The second kappa shape index (κ2) is 9.69. The van der Waals surface area contributed by atoms with Crippen LogP contribution in [0.25, 0.3) is 0 Å². The van der Waals surface area contributed by atoms with Crippen molar-refractivity contribution in [2.24, 2.45) is 0 Å². The highest BCUT2D eigenvalue weighted by Gasteiger charge is 2.15. The van der Waals surface area contributed by atoms with E-state index in [2.05, 4.69) is 4.74 Å². The molecule has 0 fully saturated rings. The first-order chi connectivity index (χ1) is 5.95. The van der Waals surface area contributed by atoms with Gasteiger partial charge in [0.15, 0.2) is 0 Å². The summed E-state index contributed by atoms with van der Waals surface area (Å²) in [5, 5.41) is 15.5. The van der Waals surface area contributed by atoms with Gasteiger partial charge < -0.3 is 14.9 Å². The van der Waals surface area contributed by atoms with Crippen LogP contribution in [0.4, 0.5) is 17.6 Å². The molecule has 0 saturated carbocycles. The van der Waals surface area contributed by atoms with Crippen molar-refractivity contribution < 1.29 is 32.5 Å². The van der Waals surface area contributed by atoms with Crippen LogP contribution in [0.2, 0.25) is 0 Å². The molecule has 0 amide bonds. The van der Waals surface area contributed by atoms with Gasteiger partial charge in [-0.1, -0.05) is 0 Å². The Morgan fingerprint density at radius 2 is 1.62 bits per heavy atom. The van der Waals surface area contributed by atoms with E-state index in [1.54, 1.807) is 0 Å². The fraction of sp³-hybridized carbons (Fsp3) is 1.00. The van der Waals surface area contributed by atoms with Gasteiger partial charge in [0, 0.05) is 6.61 Å². The molecule has 0 aliphatic carbocycles. The van der Waals surface area contributed by atoms with Crippen LogP contribution in [0.5, 0.6) is 0 Å². The zero-order valence-electron chi connectivity index (χ0n) is 6.96. The third kappa shape index (κ3) is 14.5. The minimum Gasteiger partial charge on any atom is -0.390 e. The topological polar surface area (TPSA) is 49.7 Å². The Hall–Kier alpha value is -0.400. The maximum Gasteiger partial charge on any atom is 0.288 e. The molecular weight excluding hydrogens is 196 g/mol. The van der Waals surface area contributed by atoms with E-state index in [0.29, 0.717) is 0 Å². The lowest BCUT2D eigenvalue weighted by atomic mass is 10.7. The molecule has 7 heteroatoms. The van der Waals surface area contributed by atoms with Crippen LogP contribution < -0.4 is 0 Å². The van der Waals surface area contributed by atoms with Crippen molar-refractivity contribution in [1.82, 2.24) is 0 Å². The number of aliphatic hydroxyl groups excluding tert-OH is 2. The van der Waals surface area contributed by atoms with E-state index >= 15 is 0 Å². The van der Waals surface area contributed by atoms with Crippen molar-refractivity contribution in [3.8, 4) is 0 Å². The number of alkyl halides is 4. The minimum atomic E-state index is -2.80. The fourth-order valence-electron chi connectivity index (χ4n) is 0.243. The van der Waals surface area contributed by atoms with Gasteiger partial charge in [0.25, 0.3) is 12.9 Å². The van der Waals surface area contributed by atoms with Crippen molar-refractivity contribution in [3.05, 3.63) is 0 Å². The lowest BCUT2D eigenvalue weighted by Crippen LogP contribution is -2.20. The molecule has 0 rings (SSSR count). The smallest absolute Gasteiger partial charge is 0.288 e. The summed E-state index contributed by atoms with van der Waals surface area (Å²) in [7, 11) is 0.